The van der Waals surface area contributed by atoms with E-state index in [0.717, 1.165) is 9.18 Å². The molecule has 0 aliphatic heterocycles. The molecule has 0 saturated heterocycles. The van der Waals surface area contributed by atoms with Crippen LogP contribution in [-0.4, -0.2) is 43.0 Å². The summed E-state index contributed by atoms with van der Waals surface area (Å²) in [6, 6.07) is 7.02. The zero-order chi connectivity index (χ0) is 17.7. The second kappa shape index (κ2) is 8.11. The summed E-state index contributed by atoms with van der Waals surface area (Å²) in [5.74, 6) is -0.0832. The van der Waals surface area contributed by atoms with E-state index in [1.807, 2.05) is 17.5 Å². The van der Waals surface area contributed by atoms with Gasteiger partial charge in [0, 0.05) is 25.2 Å². The molecule has 0 aliphatic carbocycles. The lowest BCUT2D eigenvalue weighted by Crippen LogP contribution is -2.30. The first kappa shape index (κ1) is 18.9. The molecule has 2 aromatic heterocycles. The second-order valence-corrected chi connectivity index (χ2v) is 9.72. The number of nitrogens with zero attached hydrogens (tertiary/aromatic N) is 2. The number of carbonyl (C=O) groups excluding carboxylic acids is 1. The van der Waals surface area contributed by atoms with Crippen LogP contribution in [0.4, 0.5) is 0 Å². The molecule has 0 spiro atoms. The van der Waals surface area contributed by atoms with E-state index >= 15 is 0 Å². The fourth-order valence-electron chi connectivity index (χ4n) is 1.77. The molecule has 1 atom stereocenters. The van der Waals surface area contributed by atoms with E-state index in [1.165, 1.54) is 38.1 Å². The van der Waals surface area contributed by atoms with E-state index in [9.17, 15) is 13.2 Å². The molecule has 0 aliphatic rings. The average molecular weight is 386 g/mol. The monoisotopic (exact) mass is 385 g/mol. The first-order valence-corrected chi connectivity index (χ1v) is 10.4. The number of aromatic nitrogens is 1. The highest BCUT2D eigenvalue weighted by atomic mass is 32.2. The number of amides is 1. The highest BCUT2D eigenvalue weighted by molar-refractivity contribution is 8.00. The van der Waals surface area contributed by atoms with E-state index in [0.29, 0.717) is 11.6 Å². The molecule has 2 aromatic rings. The van der Waals surface area contributed by atoms with Gasteiger partial charge in [0.15, 0.2) is 0 Å². The minimum atomic E-state index is -3.49. The average Bonchev–Trinajstić information content (AvgIpc) is 3.06. The molecule has 2 heterocycles. The van der Waals surface area contributed by atoms with Gasteiger partial charge >= 0.3 is 0 Å². The van der Waals surface area contributed by atoms with Crippen molar-refractivity contribution in [3.05, 3.63) is 40.7 Å². The van der Waals surface area contributed by atoms with Gasteiger partial charge < -0.3 is 5.32 Å². The van der Waals surface area contributed by atoms with Crippen LogP contribution in [0.2, 0.25) is 0 Å². The van der Waals surface area contributed by atoms with E-state index in [4.69, 9.17) is 0 Å². The van der Waals surface area contributed by atoms with Crippen molar-refractivity contribution in [2.75, 3.05) is 14.1 Å². The number of thiophene rings is 1. The molecule has 0 fully saturated rings. The Morgan fingerprint density at radius 1 is 1.38 bits per heavy atom. The second-order valence-electron chi connectivity index (χ2n) is 5.18. The Kier molecular flexibility index (Phi) is 6.39. The number of pyridine rings is 1. The number of carbonyl (C=O) groups is 1. The van der Waals surface area contributed by atoms with Crippen molar-refractivity contribution in [3.8, 4) is 0 Å². The predicted octanol–water partition coefficient (Wildman–Crippen LogP) is 2.19. The molecular formula is C15H19N3O3S3. The topological polar surface area (TPSA) is 79.4 Å². The van der Waals surface area contributed by atoms with Crippen molar-refractivity contribution < 1.29 is 13.2 Å². The van der Waals surface area contributed by atoms with Gasteiger partial charge in [0.2, 0.25) is 15.9 Å². The Bertz CT molecular complexity index is 772. The van der Waals surface area contributed by atoms with Crippen LogP contribution in [0.1, 0.15) is 11.8 Å². The number of hydrogen-bond acceptors (Lipinski definition) is 6. The van der Waals surface area contributed by atoms with Crippen molar-refractivity contribution in [1.82, 2.24) is 14.6 Å². The highest BCUT2D eigenvalue weighted by Gasteiger charge is 2.19. The summed E-state index contributed by atoms with van der Waals surface area (Å²) in [7, 11) is -0.548. The lowest BCUT2D eigenvalue weighted by Gasteiger charge is -2.13. The van der Waals surface area contributed by atoms with Crippen LogP contribution >= 0.6 is 23.1 Å². The van der Waals surface area contributed by atoms with Crippen molar-refractivity contribution in [1.29, 1.82) is 0 Å². The lowest BCUT2D eigenvalue weighted by atomic mass is 10.4. The molecule has 6 nitrogen and oxygen atoms in total. The third kappa shape index (κ3) is 4.79. The van der Waals surface area contributed by atoms with Gasteiger partial charge in [-0.3, -0.25) is 4.79 Å². The Hall–Kier alpha value is -1.42. The number of rotatable bonds is 7. The van der Waals surface area contributed by atoms with Crippen LogP contribution in [0.25, 0.3) is 0 Å². The first-order chi connectivity index (χ1) is 11.3. The summed E-state index contributed by atoms with van der Waals surface area (Å²) in [6.07, 6.45) is 1.31. The molecule has 0 saturated carbocycles. The summed E-state index contributed by atoms with van der Waals surface area (Å²) in [5, 5.41) is 5.12. The molecule has 24 heavy (non-hydrogen) atoms. The summed E-state index contributed by atoms with van der Waals surface area (Å²) in [6.45, 7) is 2.30. The quantitative estimate of drug-likeness (QED) is 0.739. The number of nitrogens with one attached hydrogen (secondary N) is 1. The number of thioether (sulfide) groups is 1. The van der Waals surface area contributed by atoms with Gasteiger partial charge in [0.05, 0.1) is 16.8 Å². The molecular weight excluding hydrogens is 366 g/mol. The fourth-order valence-corrected chi connectivity index (χ4v) is 4.07. The highest BCUT2D eigenvalue weighted by Crippen LogP contribution is 2.23. The zero-order valence-electron chi connectivity index (χ0n) is 13.6. The Morgan fingerprint density at radius 3 is 2.67 bits per heavy atom. The van der Waals surface area contributed by atoms with Gasteiger partial charge in [-0.15, -0.1) is 11.3 Å². The van der Waals surface area contributed by atoms with Gasteiger partial charge in [-0.2, -0.15) is 0 Å². The Morgan fingerprint density at radius 2 is 2.12 bits per heavy atom. The Balaban J connectivity index is 1.94. The molecule has 0 radical (unpaired) electrons. The number of sulfonamides is 1. The fraction of sp³-hybridized carbons (Fsp3) is 0.333. The van der Waals surface area contributed by atoms with E-state index in [-0.39, 0.29) is 16.1 Å². The molecule has 1 N–H and O–H groups in total. The summed E-state index contributed by atoms with van der Waals surface area (Å²) < 4.78 is 25.1. The third-order valence-corrected chi connectivity index (χ3v) is 6.90. The molecule has 130 valence electrons. The van der Waals surface area contributed by atoms with Gasteiger partial charge in [-0.25, -0.2) is 17.7 Å². The molecule has 1 amide bonds. The van der Waals surface area contributed by atoms with E-state index in [2.05, 4.69) is 10.3 Å². The molecule has 9 heteroatoms. The lowest BCUT2D eigenvalue weighted by molar-refractivity contribution is -0.120. The standard InChI is InChI=1S/C15H19N3O3S3/c1-11(15(19)17-9-12-5-4-8-22-12)23-14-7-6-13(10-16-14)24(20,21)18(2)3/h4-8,10-11H,9H2,1-3H3,(H,17,19)/t11-/m1/s1. The van der Waals surface area contributed by atoms with Crippen LogP contribution < -0.4 is 5.32 Å². The SMILES string of the molecule is C[C@@H](Sc1ccc(S(=O)(=O)N(C)C)cn1)C(=O)NCc1cccs1. The zero-order valence-corrected chi connectivity index (χ0v) is 16.0. The summed E-state index contributed by atoms with van der Waals surface area (Å²) in [5.41, 5.74) is 0. The predicted molar refractivity (Wildman–Crippen MR) is 96.6 cm³/mol. The molecule has 2 rings (SSSR count). The van der Waals surface area contributed by atoms with Gasteiger partial charge in [-0.1, -0.05) is 17.8 Å². The summed E-state index contributed by atoms with van der Waals surface area (Å²) in [4.78, 5) is 17.5. The minimum absolute atomic E-state index is 0.0832. The van der Waals surface area contributed by atoms with Crippen molar-refractivity contribution >= 4 is 39.0 Å². The first-order valence-electron chi connectivity index (χ1n) is 7.16. The maximum atomic E-state index is 12.1. The van der Waals surface area contributed by atoms with Crippen LogP contribution in [0, 0.1) is 0 Å². The van der Waals surface area contributed by atoms with Crippen molar-refractivity contribution in [2.45, 2.75) is 28.6 Å². The van der Waals surface area contributed by atoms with Crippen LogP contribution in [0.3, 0.4) is 0 Å². The summed E-state index contributed by atoms with van der Waals surface area (Å²) >= 11 is 2.88. The van der Waals surface area contributed by atoms with Crippen molar-refractivity contribution in [3.63, 3.8) is 0 Å². The van der Waals surface area contributed by atoms with E-state index < -0.39 is 10.0 Å². The molecule has 0 bridgehead atoms. The maximum absolute atomic E-state index is 12.1. The largest absolute Gasteiger partial charge is 0.350 e. The van der Waals surface area contributed by atoms with Gasteiger partial charge in [-0.05, 0) is 30.5 Å². The van der Waals surface area contributed by atoms with Crippen molar-refractivity contribution in [2.24, 2.45) is 0 Å². The van der Waals surface area contributed by atoms with Gasteiger partial charge in [0.1, 0.15) is 4.90 Å². The number of hydrogen-bond donors (Lipinski definition) is 1. The van der Waals surface area contributed by atoms with Crippen LogP contribution in [0.15, 0.2) is 45.8 Å². The molecule has 0 aromatic carbocycles. The Labute approximate surface area is 150 Å². The van der Waals surface area contributed by atoms with Gasteiger partial charge in [0.25, 0.3) is 0 Å². The van der Waals surface area contributed by atoms with Crippen LogP contribution in [-0.2, 0) is 21.4 Å². The third-order valence-electron chi connectivity index (χ3n) is 3.17. The van der Waals surface area contributed by atoms with E-state index in [1.54, 1.807) is 24.3 Å². The maximum Gasteiger partial charge on any atom is 0.244 e. The normalized spacial score (nSPS) is 13.0. The smallest absolute Gasteiger partial charge is 0.244 e. The molecule has 0 unspecified atom stereocenters. The van der Waals surface area contributed by atoms with Crippen LogP contribution in [0.5, 0.6) is 0 Å². The minimum Gasteiger partial charge on any atom is -0.350 e.